The predicted octanol–water partition coefficient (Wildman–Crippen LogP) is 0.469. The van der Waals surface area contributed by atoms with Crippen LogP contribution in [0.25, 0.3) is 0 Å². The van der Waals surface area contributed by atoms with Crippen molar-refractivity contribution < 1.29 is 32.5 Å². The van der Waals surface area contributed by atoms with Crippen LogP contribution in [-0.2, 0) is 14.3 Å². The summed E-state index contributed by atoms with van der Waals surface area (Å²) in [5.41, 5.74) is 0. The second-order valence-corrected chi connectivity index (χ2v) is 3.65. The van der Waals surface area contributed by atoms with Crippen molar-refractivity contribution in [1.82, 2.24) is 5.32 Å². The molecule has 0 aliphatic carbocycles. The van der Waals surface area contributed by atoms with Crippen LogP contribution in [0.15, 0.2) is 0 Å². The van der Waals surface area contributed by atoms with E-state index in [2.05, 4.69) is 10.1 Å². The summed E-state index contributed by atoms with van der Waals surface area (Å²) in [5, 5.41) is 11.3. The zero-order chi connectivity index (χ0) is 14.0. The van der Waals surface area contributed by atoms with Crippen molar-refractivity contribution >= 4 is 5.91 Å². The van der Waals surface area contributed by atoms with Crippen LogP contribution in [0, 0.1) is 0 Å². The third-order valence-electron chi connectivity index (χ3n) is 1.95. The van der Waals surface area contributed by atoms with Gasteiger partial charge in [0.15, 0.2) is 0 Å². The van der Waals surface area contributed by atoms with Gasteiger partial charge < -0.3 is 19.9 Å². The summed E-state index contributed by atoms with van der Waals surface area (Å²) >= 11 is 0. The lowest BCUT2D eigenvalue weighted by Crippen LogP contribution is -2.39. The molecule has 0 bridgehead atoms. The van der Waals surface area contributed by atoms with Crippen molar-refractivity contribution in [3.8, 4) is 0 Å². The minimum Gasteiger partial charge on any atom is -0.396 e. The Morgan fingerprint density at radius 2 is 2.11 bits per heavy atom. The number of amides is 1. The molecule has 0 heterocycles. The molecule has 1 atom stereocenters. The molecule has 0 rings (SSSR count). The van der Waals surface area contributed by atoms with Crippen LogP contribution in [0.4, 0.5) is 13.2 Å². The molecular formula is C10H18F3NO4. The SMILES string of the molecule is COCC(CCO)NC(=O)CCOCC(F)(F)F. The van der Waals surface area contributed by atoms with Gasteiger partial charge >= 0.3 is 6.18 Å². The molecular weight excluding hydrogens is 255 g/mol. The lowest BCUT2D eigenvalue weighted by Gasteiger charge is -2.16. The number of alkyl halides is 3. The third-order valence-corrected chi connectivity index (χ3v) is 1.95. The molecule has 0 radical (unpaired) electrons. The smallest absolute Gasteiger partial charge is 0.396 e. The van der Waals surface area contributed by atoms with Crippen molar-refractivity contribution in [3.05, 3.63) is 0 Å². The van der Waals surface area contributed by atoms with Crippen molar-refractivity contribution in [2.24, 2.45) is 0 Å². The molecule has 108 valence electrons. The number of carbonyl (C=O) groups is 1. The van der Waals surface area contributed by atoms with Gasteiger partial charge in [-0.15, -0.1) is 0 Å². The molecule has 1 amide bonds. The highest BCUT2D eigenvalue weighted by molar-refractivity contribution is 5.76. The van der Waals surface area contributed by atoms with Gasteiger partial charge in [-0.1, -0.05) is 0 Å². The zero-order valence-electron chi connectivity index (χ0n) is 10.1. The molecule has 0 aliphatic rings. The van der Waals surface area contributed by atoms with E-state index in [1.165, 1.54) is 7.11 Å². The van der Waals surface area contributed by atoms with Crippen molar-refractivity contribution in [1.29, 1.82) is 0 Å². The molecule has 0 saturated heterocycles. The van der Waals surface area contributed by atoms with Gasteiger partial charge in [-0.05, 0) is 6.42 Å². The summed E-state index contributed by atoms with van der Waals surface area (Å²) in [5.74, 6) is -0.437. The lowest BCUT2D eigenvalue weighted by atomic mass is 10.2. The van der Waals surface area contributed by atoms with Gasteiger partial charge in [-0.3, -0.25) is 4.79 Å². The fourth-order valence-corrected chi connectivity index (χ4v) is 1.21. The Morgan fingerprint density at radius 3 is 2.61 bits per heavy atom. The van der Waals surface area contributed by atoms with E-state index < -0.39 is 18.7 Å². The molecule has 0 saturated carbocycles. The lowest BCUT2D eigenvalue weighted by molar-refractivity contribution is -0.174. The maximum atomic E-state index is 11.7. The van der Waals surface area contributed by atoms with Crippen LogP contribution in [0.1, 0.15) is 12.8 Å². The number of nitrogens with one attached hydrogen (secondary N) is 1. The minimum atomic E-state index is -4.38. The van der Waals surface area contributed by atoms with Gasteiger partial charge in [0.2, 0.25) is 5.91 Å². The van der Waals surface area contributed by atoms with E-state index in [9.17, 15) is 18.0 Å². The summed E-state index contributed by atoms with van der Waals surface area (Å²) in [6, 6.07) is -0.352. The Labute approximate surface area is 103 Å². The first-order valence-electron chi connectivity index (χ1n) is 5.42. The summed E-state index contributed by atoms with van der Waals surface area (Å²) in [4.78, 5) is 11.3. The number of rotatable bonds is 9. The number of hydrogen-bond donors (Lipinski definition) is 2. The molecule has 0 spiro atoms. The van der Waals surface area contributed by atoms with E-state index in [-0.39, 0.29) is 32.3 Å². The first-order valence-corrected chi connectivity index (χ1v) is 5.42. The van der Waals surface area contributed by atoms with E-state index >= 15 is 0 Å². The van der Waals surface area contributed by atoms with Crippen molar-refractivity contribution in [2.75, 3.05) is 33.5 Å². The fraction of sp³-hybridized carbons (Fsp3) is 0.900. The van der Waals surface area contributed by atoms with Crippen LogP contribution >= 0.6 is 0 Å². The Bertz CT molecular complexity index is 230. The van der Waals surface area contributed by atoms with Crippen LogP contribution in [0.2, 0.25) is 0 Å². The quantitative estimate of drug-likeness (QED) is 0.599. The standard InChI is InChI=1S/C10H18F3NO4/c1-17-6-8(2-4-15)14-9(16)3-5-18-7-10(11,12)13/h8,15H,2-7H2,1H3,(H,14,16). The van der Waals surface area contributed by atoms with E-state index in [0.29, 0.717) is 6.42 Å². The maximum absolute atomic E-state index is 11.7. The largest absolute Gasteiger partial charge is 0.411 e. The predicted molar refractivity (Wildman–Crippen MR) is 57.0 cm³/mol. The van der Waals surface area contributed by atoms with E-state index in [4.69, 9.17) is 9.84 Å². The molecule has 18 heavy (non-hydrogen) atoms. The van der Waals surface area contributed by atoms with E-state index in [1.807, 2.05) is 0 Å². The second kappa shape index (κ2) is 9.12. The average molecular weight is 273 g/mol. The molecule has 5 nitrogen and oxygen atoms in total. The average Bonchev–Trinajstić information content (AvgIpc) is 2.24. The fourth-order valence-electron chi connectivity index (χ4n) is 1.21. The molecule has 2 N–H and O–H groups in total. The Balaban J connectivity index is 3.74. The molecule has 0 fully saturated rings. The molecule has 1 unspecified atom stereocenters. The highest BCUT2D eigenvalue weighted by Gasteiger charge is 2.27. The topological polar surface area (TPSA) is 67.8 Å². The maximum Gasteiger partial charge on any atom is 0.411 e. The Morgan fingerprint density at radius 1 is 1.44 bits per heavy atom. The van der Waals surface area contributed by atoms with Gasteiger partial charge in [0.05, 0.1) is 19.3 Å². The van der Waals surface area contributed by atoms with Crippen LogP contribution in [0.3, 0.4) is 0 Å². The second-order valence-electron chi connectivity index (χ2n) is 3.65. The summed E-state index contributed by atoms with van der Waals surface area (Å²) < 4.78 is 44.3. The van der Waals surface area contributed by atoms with E-state index in [1.54, 1.807) is 0 Å². The monoisotopic (exact) mass is 273 g/mol. The highest BCUT2D eigenvalue weighted by Crippen LogP contribution is 2.14. The number of halogens is 3. The van der Waals surface area contributed by atoms with Crippen LogP contribution in [-0.4, -0.2) is 56.8 Å². The van der Waals surface area contributed by atoms with Gasteiger partial charge in [0.25, 0.3) is 0 Å². The summed E-state index contributed by atoms with van der Waals surface area (Å²) in [7, 11) is 1.45. The van der Waals surface area contributed by atoms with Crippen molar-refractivity contribution in [3.63, 3.8) is 0 Å². The summed E-state index contributed by atoms with van der Waals surface area (Å²) in [6.45, 7) is -1.54. The molecule has 0 aromatic carbocycles. The van der Waals surface area contributed by atoms with Crippen LogP contribution < -0.4 is 5.32 Å². The normalized spacial score (nSPS) is 13.4. The first kappa shape index (κ1) is 17.1. The number of ether oxygens (including phenoxy) is 2. The summed E-state index contributed by atoms with van der Waals surface area (Å²) in [6.07, 6.45) is -4.23. The van der Waals surface area contributed by atoms with Crippen molar-refractivity contribution in [2.45, 2.75) is 25.1 Å². The molecule has 0 aromatic rings. The number of carbonyl (C=O) groups excluding carboxylic acids is 1. The van der Waals surface area contributed by atoms with E-state index in [0.717, 1.165) is 0 Å². The van der Waals surface area contributed by atoms with Gasteiger partial charge in [0, 0.05) is 20.1 Å². The van der Waals surface area contributed by atoms with Crippen LogP contribution in [0.5, 0.6) is 0 Å². The number of aliphatic hydroxyl groups is 1. The first-order chi connectivity index (χ1) is 8.39. The van der Waals surface area contributed by atoms with Gasteiger partial charge in [0.1, 0.15) is 6.61 Å². The number of hydrogen-bond acceptors (Lipinski definition) is 4. The third kappa shape index (κ3) is 10.3. The molecule has 0 aliphatic heterocycles. The number of aliphatic hydroxyl groups excluding tert-OH is 1. The molecule has 8 heteroatoms. The Kier molecular flexibility index (Phi) is 8.69. The Hall–Kier alpha value is -0.860. The molecule has 0 aromatic heterocycles. The van der Waals surface area contributed by atoms with Gasteiger partial charge in [-0.25, -0.2) is 0 Å². The number of methoxy groups -OCH3 is 1. The zero-order valence-corrected chi connectivity index (χ0v) is 10.1. The van der Waals surface area contributed by atoms with Gasteiger partial charge in [-0.2, -0.15) is 13.2 Å². The highest BCUT2D eigenvalue weighted by atomic mass is 19.4. The minimum absolute atomic E-state index is 0.112.